The molecule has 1 saturated carbocycles. The van der Waals surface area contributed by atoms with Crippen LogP contribution in [0.3, 0.4) is 0 Å². The van der Waals surface area contributed by atoms with E-state index in [1.54, 1.807) is 0 Å². The largest absolute Gasteiger partial charge is 0.325 e. The third-order valence-corrected chi connectivity index (χ3v) is 5.08. The van der Waals surface area contributed by atoms with Crippen molar-refractivity contribution in [2.45, 2.75) is 64.1 Å². The lowest BCUT2D eigenvalue weighted by molar-refractivity contribution is -0.131. The predicted molar refractivity (Wildman–Crippen MR) is 80.3 cm³/mol. The number of nitrogens with one attached hydrogen (secondary N) is 1. The number of amides is 1. The molecule has 4 nitrogen and oxygen atoms in total. The molecule has 3 aliphatic rings. The van der Waals surface area contributed by atoms with Crippen molar-refractivity contribution in [3.63, 3.8) is 0 Å². The summed E-state index contributed by atoms with van der Waals surface area (Å²) >= 11 is 0. The van der Waals surface area contributed by atoms with E-state index < -0.39 is 0 Å². The summed E-state index contributed by atoms with van der Waals surface area (Å²) in [5, 5.41) is 3.60. The SMILES string of the molecule is CCCC1NC2(CC2)C(=O)N1CC(C)CN1CCCC1. The number of carbonyl (C=O) groups is 1. The molecule has 2 atom stereocenters. The summed E-state index contributed by atoms with van der Waals surface area (Å²) in [5.74, 6) is 0.955. The molecule has 20 heavy (non-hydrogen) atoms. The third-order valence-electron chi connectivity index (χ3n) is 5.08. The van der Waals surface area contributed by atoms with Crippen LogP contribution in [0.5, 0.6) is 0 Å². The molecule has 4 heteroatoms. The number of rotatable bonds is 6. The van der Waals surface area contributed by atoms with Crippen LogP contribution in [0, 0.1) is 5.92 Å². The minimum absolute atomic E-state index is 0.146. The lowest BCUT2D eigenvalue weighted by Gasteiger charge is -2.29. The first-order valence-corrected chi connectivity index (χ1v) is 8.46. The molecule has 0 aromatic rings. The summed E-state index contributed by atoms with van der Waals surface area (Å²) < 4.78 is 0. The van der Waals surface area contributed by atoms with Crippen LogP contribution in [-0.4, -0.2) is 53.6 Å². The number of likely N-dealkylation sites (tertiary alicyclic amines) is 1. The fraction of sp³-hybridized carbons (Fsp3) is 0.938. The molecule has 1 amide bonds. The van der Waals surface area contributed by atoms with Crippen LogP contribution in [0.2, 0.25) is 0 Å². The Labute approximate surface area is 122 Å². The summed E-state index contributed by atoms with van der Waals surface area (Å²) in [6, 6.07) is 0. The van der Waals surface area contributed by atoms with E-state index in [9.17, 15) is 4.79 Å². The molecule has 1 aliphatic carbocycles. The van der Waals surface area contributed by atoms with Crippen LogP contribution < -0.4 is 5.32 Å². The molecular formula is C16H29N3O. The van der Waals surface area contributed by atoms with Gasteiger partial charge in [0.25, 0.3) is 0 Å². The van der Waals surface area contributed by atoms with Crippen LogP contribution in [0.4, 0.5) is 0 Å². The molecule has 1 spiro atoms. The number of nitrogens with zero attached hydrogens (tertiary/aromatic N) is 2. The van der Waals surface area contributed by atoms with E-state index in [0.29, 0.717) is 11.8 Å². The fourth-order valence-electron chi connectivity index (χ4n) is 3.87. The molecule has 2 heterocycles. The van der Waals surface area contributed by atoms with E-state index in [1.807, 2.05) is 0 Å². The molecule has 0 aromatic carbocycles. The highest BCUT2D eigenvalue weighted by molar-refractivity contribution is 5.91. The molecular weight excluding hydrogens is 250 g/mol. The van der Waals surface area contributed by atoms with Gasteiger partial charge in [-0.05, 0) is 51.1 Å². The minimum Gasteiger partial charge on any atom is -0.325 e. The van der Waals surface area contributed by atoms with E-state index in [2.05, 4.69) is 29.0 Å². The average molecular weight is 279 g/mol. The second kappa shape index (κ2) is 5.64. The molecule has 2 unspecified atom stereocenters. The fourth-order valence-corrected chi connectivity index (χ4v) is 3.87. The van der Waals surface area contributed by atoms with Crippen molar-refractivity contribution in [1.82, 2.24) is 15.1 Å². The first kappa shape index (κ1) is 14.3. The highest BCUT2D eigenvalue weighted by atomic mass is 16.2. The predicted octanol–water partition coefficient (Wildman–Crippen LogP) is 1.81. The van der Waals surface area contributed by atoms with Gasteiger partial charge in [-0.3, -0.25) is 10.1 Å². The van der Waals surface area contributed by atoms with Gasteiger partial charge in [-0.25, -0.2) is 0 Å². The maximum absolute atomic E-state index is 12.6. The van der Waals surface area contributed by atoms with Crippen molar-refractivity contribution < 1.29 is 4.79 Å². The Morgan fingerprint density at radius 3 is 2.60 bits per heavy atom. The number of hydrogen-bond acceptors (Lipinski definition) is 3. The summed E-state index contributed by atoms with van der Waals surface area (Å²) in [7, 11) is 0. The Bertz CT molecular complexity index is 361. The van der Waals surface area contributed by atoms with Crippen molar-refractivity contribution >= 4 is 5.91 Å². The Balaban J connectivity index is 1.57. The van der Waals surface area contributed by atoms with Gasteiger partial charge in [0, 0.05) is 13.1 Å². The zero-order valence-corrected chi connectivity index (χ0v) is 13.0. The Kier molecular flexibility index (Phi) is 4.04. The number of hydrogen-bond donors (Lipinski definition) is 1. The van der Waals surface area contributed by atoms with Gasteiger partial charge in [-0.15, -0.1) is 0 Å². The maximum Gasteiger partial charge on any atom is 0.244 e. The van der Waals surface area contributed by atoms with Gasteiger partial charge in [0.05, 0.1) is 11.7 Å². The summed E-state index contributed by atoms with van der Waals surface area (Å²) in [5.41, 5.74) is -0.146. The number of carbonyl (C=O) groups excluding carboxylic acids is 1. The van der Waals surface area contributed by atoms with Crippen molar-refractivity contribution in [3.8, 4) is 0 Å². The van der Waals surface area contributed by atoms with Crippen LogP contribution in [0.25, 0.3) is 0 Å². The van der Waals surface area contributed by atoms with Gasteiger partial charge in [0.1, 0.15) is 0 Å². The highest BCUT2D eigenvalue weighted by Gasteiger charge is 2.58. The zero-order chi connectivity index (χ0) is 14.2. The lowest BCUT2D eigenvalue weighted by Crippen LogP contribution is -2.42. The molecule has 2 saturated heterocycles. The van der Waals surface area contributed by atoms with Gasteiger partial charge in [0.2, 0.25) is 5.91 Å². The second-order valence-corrected chi connectivity index (χ2v) is 7.10. The van der Waals surface area contributed by atoms with E-state index in [4.69, 9.17) is 0 Å². The summed E-state index contributed by atoms with van der Waals surface area (Å²) in [6.07, 6.45) is 7.29. The standard InChI is InChI=1S/C16H29N3O/c1-3-6-14-17-16(7-8-16)15(20)19(14)12-13(2)11-18-9-4-5-10-18/h13-14,17H,3-12H2,1-2H3. The van der Waals surface area contributed by atoms with Crippen molar-refractivity contribution in [3.05, 3.63) is 0 Å². The lowest BCUT2D eigenvalue weighted by atomic mass is 10.1. The third kappa shape index (κ3) is 2.73. The smallest absolute Gasteiger partial charge is 0.244 e. The van der Waals surface area contributed by atoms with E-state index in [1.165, 1.54) is 25.9 Å². The monoisotopic (exact) mass is 279 g/mol. The molecule has 0 aromatic heterocycles. The van der Waals surface area contributed by atoms with Gasteiger partial charge in [-0.2, -0.15) is 0 Å². The van der Waals surface area contributed by atoms with Gasteiger partial charge >= 0.3 is 0 Å². The van der Waals surface area contributed by atoms with Crippen molar-refractivity contribution in [2.75, 3.05) is 26.2 Å². The summed E-state index contributed by atoms with van der Waals surface area (Å²) in [6.45, 7) is 9.07. The molecule has 0 radical (unpaired) electrons. The van der Waals surface area contributed by atoms with E-state index in [0.717, 1.165) is 38.8 Å². The molecule has 3 rings (SSSR count). The molecule has 3 fully saturated rings. The second-order valence-electron chi connectivity index (χ2n) is 7.10. The Morgan fingerprint density at radius 2 is 2.00 bits per heavy atom. The van der Waals surface area contributed by atoms with Crippen molar-refractivity contribution in [2.24, 2.45) is 5.92 Å². The van der Waals surface area contributed by atoms with Crippen LogP contribution in [0.15, 0.2) is 0 Å². The molecule has 1 N–H and O–H groups in total. The zero-order valence-electron chi connectivity index (χ0n) is 13.0. The normalized spacial score (nSPS) is 30.4. The minimum atomic E-state index is -0.146. The van der Waals surface area contributed by atoms with Gasteiger partial charge in [0.15, 0.2) is 0 Å². The highest BCUT2D eigenvalue weighted by Crippen LogP contribution is 2.43. The molecule has 114 valence electrons. The maximum atomic E-state index is 12.6. The van der Waals surface area contributed by atoms with Crippen LogP contribution in [0.1, 0.15) is 52.4 Å². The van der Waals surface area contributed by atoms with E-state index in [-0.39, 0.29) is 11.7 Å². The summed E-state index contributed by atoms with van der Waals surface area (Å²) in [4.78, 5) is 17.3. The topological polar surface area (TPSA) is 35.6 Å². The van der Waals surface area contributed by atoms with E-state index >= 15 is 0 Å². The first-order chi connectivity index (χ1) is 9.64. The Morgan fingerprint density at radius 1 is 1.30 bits per heavy atom. The quantitative estimate of drug-likeness (QED) is 0.805. The Hall–Kier alpha value is -0.610. The van der Waals surface area contributed by atoms with Crippen molar-refractivity contribution in [1.29, 1.82) is 0 Å². The van der Waals surface area contributed by atoms with Crippen LogP contribution in [-0.2, 0) is 4.79 Å². The van der Waals surface area contributed by atoms with Gasteiger partial charge in [-0.1, -0.05) is 20.3 Å². The average Bonchev–Trinajstić information content (AvgIpc) is 2.94. The van der Waals surface area contributed by atoms with Crippen LogP contribution >= 0.6 is 0 Å². The first-order valence-electron chi connectivity index (χ1n) is 8.46. The molecule has 2 aliphatic heterocycles. The van der Waals surface area contributed by atoms with Gasteiger partial charge < -0.3 is 9.80 Å². The molecule has 0 bridgehead atoms.